The average Bonchev–Trinajstić information content (AvgIpc) is 2.76. The number of halogens is 1. The molecular formula is C20H18FN5O4. The molecule has 0 aliphatic heterocycles. The zero-order valence-corrected chi connectivity index (χ0v) is 16.1. The van der Waals surface area contributed by atoms with E-state index in [1.54, 1.807) is 42.5 Å². The summed E-state index contributed by atoms with van der Waals surface area (Å²) in [7, 11) is 2.73. The van der Waals surface area contributed by atoms with Crippen LogP contribution in [0.5, 0.6) is 5.75 Å². The van der Waals surface area contributed by atoms with Crippen molar-refractivity contribution in [3.05, 3.63) is 66.1 Å². The zero-order valence-electron chi connectivity index (χ0n) is 16.1. The third-order valence-corrected chi connectivity index (χ3v) is 3.80. The van der Waals surface area contributed by atoms with Gasteiger partial charge in [0.05, 0.1) is 18.9 Å². The van der Waals surface area contributed by atoms with Gasteiger partial charge >= 0.3 is 12.1 Å². The number of carbonyl (C=O) groups excluding carboxylic acids is 2. The van der Waals surface area contributed by atoms with E-state index >= 15 is 0 Å². The van der Waals surface area contributed by atoms with Gasteiger partial charge < -0.3 is 25.4 Å². The van der Waals surface area contributed by atoms with Gasteiger partial charge in [0.2, 0.25) is 5.95 Å². The molecule has 0 fully saturated rings. The predicted octanol–water partition coefficient (Wildman–Crippen LogP) is 3.61. The molecule has 3 rings (SSSR count). The summed E-state index contributed by atoms with van der Waals surface area (Å²) in [5.41, 5.74) is 1.28. The van der Waals surface area contributed by atoms with Gasteiger partial charge in [-0.05, 0) is 30.3 Å². The third kappa shape index (κ3) is 5.19. The fourth-order valence-electron chi connectivity index (χ4n) is 2.42. The van der Waals surface area contributed by atoms with Gasteiger partial charge in [0.1, 0.15) is 5.75 Å². The topological polar surface area (TPSA) is 114 Å². The van der Waals surface area contributed by atoms with Crippen molar-refractivity contribution in [2.45, 2.75) is 0 Å². The van der Waals surface area contributed by atoms with E-state index in [0.29, 0.717) is 22.7 Å². The Morgan fingerprint density at radius 3 is 2.50 bits per heavy atom. The molecule has 2 aromatic carbocycles. The van der Waals surface area contributed by atoms with Crippen LogP contribution < -0.4 is 20.7 Å². The maximum absolute atomic E-state index is 14.2. The summed E-state index contributed by atoms with van der Waals surface area (Å²) < 4.78 is 23.9. The SMILES string of the molecule is CNC(=O)Oc1cccc(Nc2ncc(F)c(Nc3cccc(C(=O)OC)c3)n2)c1. The summed E-state index contributed by atoms with van der Waals surface area (Å²) in [5.74, 6) is -0.865. The van der Waals surface area contributed by atoms with Crippen LogP contribution in [0.3, 0.4) is 0 Å². The molecule has 0 atom stereocenters. The molecule has 3 N–H and O–H groups in total. The molecule has 0 saturated carbocycles. The van der Waals surface area contributed by atoms with Crippen LogP contribution in [0.2, 0.25) is 0 Å². The lowest BCUT2D eigenvalue weighted by atomic mass is 10.2. The molecule has 0 bridgehead atoms. The lowest BCUT2D eigenvalue weighted by Crippen LogP contribution is -2.22. The standard InChI is InChI=1S/C20H18FN5O4/c1-22-20(28)30-15-8-4-7-14(10-15)25-19-23-11-16(21)17(26-19)24-13-6-3-5-12(9-13)18(27)29-2/h3-11H,1-2H3,(H,22,28)(H2,23,24,25,26). The maximum Gasteiger partial charge on any atom is 0.412 e. The number of anilines is 4. The highest BCUT2D eigenvalue weighted by Crippen LogP contribution is 2.23. The molecule has 154 valence electrons. The van der Waals surface area contributed by atoms with Gasteiger partial charge in [0.25, 0.3) is 0 Å². The van der Waals surface area contributed by atoms with Crippen LogP contribution in [0, 0.1) is 5.82 Å². The molecular weight excluding hydrogens is 393 g/mol. The highest BCUT2D eigenvalue weighted by molar-refractivity contribution is 5.90. The summed E-state index contributed by atoms with van der Waals surface area (Å²) in [4.78, 5) is 31.0. The van der Waals surface area contributed by atoms with Crippen molar-refractivity contribution in [1.29, 1.82) is 0 Å². The highest BCUT2D eigenvalue weighted by atomic mass is 19.1. The van der Waals surface area contributed by atoms with Gasteiger partial charge in [-0.25, -0.2) is 19.0 Å². The Balaban J connectivity index is 1.78. The number of nitrogens with one attached hydrogen (secondary N) is 3. The van der Waals surface area contributed by atoms with E-state index in [1.807, 2.05) is 0 Å². The number of nitrogens with zero attached hydrogens (tertiary/aromatic N) is 2. The lowest BCUT2D eigenvalue weighted by molar-refractivity contribution is 0.0600. The van der Waals surface area contributed by atoms with E-state index in [1.165, 1.54) is 20.2 Å². The molecule has 1 amide bonds. The van der Waals surface area contributed by atoms with Crippen molar-refractivity contribution < 1.29 is 23.5 Å². The average molecular weight is 411 g/mol. The van der Waals surface area contributed by atoms with Crippen LogP contribution in [-0.2, 0) is 4.74 Å². The Labute approximate surface area is 171 Å². The molecule has 0 aliphatic rings. The molecule has 3 aromatic rings. The largest absolute Gasteiger partial charge is 0.465 e. The zero-order chi connectivity index (χ0) is 21.5. The van der Waals surface area contributed by atoms with Gasteiger partial charge in [-0.2, -0.15) is 4.98 Å². The minimum absolute atomic E-state index is 0.0905. The van der Waals surface area contributed by atoms with Gasteiger partial charge in [0.15, 0.2) is 11.6 Å². The number of amides is 1. The second-order valence-electron chi connectivity index (χ2n) is 5.88. The molecule has 0 unspecified atom stereocenters. The highest BCUT2D eigenvalue weighted by Gasteiger charge is 2.11. The maximum atomic E-state index is 14.2. The lowest BCUT2D eigenvalue weighted by Gasteiger charge is -2.11. The second-order valence-corrected chi connectivity index (χ2v) is 5.88. The van der Waals surface area contributed by atoms with Crippen LogP contribution in [-0.4, -0.2) is 36.2 Å². The summed E-state index contributed by atoms with van der Waals surface area (Å²) in [6.07, 6.45) is 0.401. The van der Waals surface area contributed by atoms with Gasteiger partial charge in [-0.1, -0.05) is 12.1 Å². The number of hydrogen-bond acceptors (Lipinski definition) is 8. The molecule has 0 radical (unpaired) electrons. The fraction of sp³-hybridized carbons (Fsp3) is 0.100. The molecule has 30 heavy (non-hydrogen) atoms. The summed E-state index contributed by atoms with van der Waals surface area (Å²) in [5, 5.41) is 8.07. The van der Waals surface area contributed by atoms with Crippen molar-refractivity contribution in [2.24, 2.45) is 0 Å². The Morgan fingerprint density at radius 1 is 1.03 bits per heavy atom. The molecule has 1 aromatic heterocycles. The van der Waals surface area contributed by atoms with Crippen LogP contribution in [0.25, 0.3) is 0 Å². The van der Waals surface area contributed by atoms with Crippen LogP contribution in [0.4, 0.5) is 32.3 Å². The van der Waals surface area contributed by atoms with Crippen molar-refractivity contribution in [3.8, 4) is 5.75 Å². The number of benzene rings is 2. The second kappa shape index (κ2) is 9.32. The number of esters is 1. The molecule has 1 heterocycles. The number of carbonyl (C=O) groups is 2. The smallest absolute Gasteiger partial charge is 0.412 e. The first-order valence-corrected chi connectivity index (χ1v) is 8.73. The Bertz CT molecular complexity index is 1080. The first kappa shape index (κ1) is 20.5. The van der Waals surface area contributed by atoms with Gasteiger partial charge in [-0.3, -0.25) is 0 Å². The van der Waals surface area contributed by atoms with Crippen molar-refractivity contribution >= 4 is 35.2 Å². The van der Waals surface area contributed by atoms with Crippen molar-refractivity contribution in [2.75, 3.05) is 24.8 Å². The Hall–Kier alpha value is -4.21. The number of aromatic nitrogens is 2. The molecule has 9 nitrogen and oxygen atoms in total. The van der Waals surface area contributed by atoms with E-state index in [0.717, 1.165) is 6.20 Å². The first-order valence-electron chi connectivity index (χ1n) is 8.73. The van der Waals surface area contributed by atoms with Crippen LogP contribution in [0.1, 0.15) is 10.4 Å². The predicted molar refractivity (Wildman–Crippen MR) is 108 cm³/mol. The van der Waals surface area contributed by atoms with Crippen molar-refractivity contribution in [1.82, 2.24) is 15.3 Å². The normalized spacial score (nSPS) is 10.1. The summed E-state index contributed by atoms with van der Waals surface area (Å²) in [6, 6.07) is 12.9. The number of methoxy groups -OCH3 is 1. The van der Waals surface area contributed by atoms with Gasteiger partial charge in [-0.15, -0.1) is 0 Å². The minimum atomic E-state index is -0.680. The van der Waals surface area contributed by atoms with E-state index in [9.17, 15) is 14.0 Å². The molecule has 10 heteroatoms. The Morgan fingerprint density at radius 2 is 1.77 bits per heavy atom. The molecule has 0 aliphatic carbocycles. The van der Waals surface area contributed by atoms with E-state index < -0.39 is 17.9 Å². The first-order chi connectivity index (χ1) is 14.5. The number of ether oxygens (including phenoxy) is 2. The minimum Gasteiger partial charge on any atom is -0.465 e. The van der Waals surface area contributed by atoms with Crippen LogP contribution in [0.15, 0.2) is 54.7 Å². The summed E-state index contributed by atoms with van der Waals surface area (Å²) in [6.45, 7) is 0. The molecule has 0 spiro atoms. The van der Waals surface area contributed by atoms with E-state index in [4.69, 9.17) is 4.74 Å². The van der Waals surface area contributed by atoms with E-state index in [-0.39, 0.29) is 11.8 Å². The Kier molecular flexibility index (Phi) is 6.38. The van der Waals surface area contributed by atoms with Crippen LogP contribution >= 0.6 is 0 Å². The van der Waals surface area contributed by atoms with E-state index in [2.05, 4.69) is 30.7 Å². The molecule has 0 saturated heterocycles. The fourth-order valence-corrected chi connectivity index (χ4v) is 2.42. The quantitative estimate of drug-likeness (QED) is 0.527. The third-order valence-electron chi connectivity index (χ3n) is 3.80. The van der Waals surface area contributed by atoms with Gasteiger partial charge in [0, 0.05) is 24.5 Å². The number of rotatable bonds is 6. The summed E-state index contributed by atoms with van der Waals surface area (Å²) >= 11 is 0. The number of hydrogen-bond donors (Lipinski definition) is 3. The monoisotopic (exact) mass is 411 g/mol. The van der Waals surface area contributed by atoms with Crippen molar-refractivity contribution in [3.63, 3.8) is 0 Å².